The van der Waals surface area contributed by atoms with Crippen LogP contribution < -0.4 is 5.32 Å². The number of carbonyl (C=O) groups excluding carboxylic acids is 1. The molecule has 1 N–H and O–H groups in total. The van der Waals surface area contributed by atoms with E-state index in [4.69, 9.17) is 23.2 Å². The van der Waals surface area contributed by atoms with E-state index in [1.807, 2.05) is 0 Å². The summed E-state index contributed by atoms with van der Waals surface area (Å²) in [4.78, 5) is 12.8. The number of benzene rings is 1. The highest BCUT2D eigenvalue weighted by Crippen LogP contribution is 2.62. The summed E-state index contributed by atoms with van der Waals surface area (Å²) < 4.78 is 0. The van der Waals surface area contributed by atoms with Crippen LogP contribution in [-0.4, -0.2) is 5.91 Å². The van der Waals surface area contributed by atoms with Crippen LogP contribution in [0.3, 0.4) is 0 Å². The lowest BCUT2D eigenvalue weighted by Crippen LogP contribution is -2.39. The highest BCUT2D eigenvalue weighted by atomic mass is 35.5. The average Bonchev–Trinajstić information content (AvgIpc) is 2.80. The number of allylic oxidation sites excluding steroid dienone is 2. The van der Waals surface area contributed by atoms with Crippen LogP contribution in [0.4, 0.5) is 5.69 Å². The van der Waals surface area contributed by atoms with Crippen molar-refractivity contribution in [2.24, 2.45) is 22.7 Å². The van der Waals surface area contributed by atoms with Crippen LogP contribution in [0.25, 0.3) is 0 Å². The van der Waals surface area contributed by atoms with Gasteiger partial charge in [0.2, 0.25) is 5.91 Å². The fourth-order valence-electron chi connectivity index (χ4n) is 4.00. The molecular weight excluding hydrogens is 305 g/mol. The maximum atomic E-state index is 12.8. The fourth-order valence-corrected chi connectivity index (χ4v) is 4.30. The Balaban J connectivity index is 1.83. The Morgan fingerprint density at radius 1 is 1.19 bits per heavy atom. The van der Waals surface area contributed by atoms with Gasteiger partial charge < -0.3 is 5.32 Å². The quantitative estimate of drug-likeness (QED) is 0.747. The number of halogens is 2. The van der Waals surface area contributed by atoms with Gasteiger partial charge in [-0.2, -0.15) is 0 Å². The van der Waals surface area contributed by atoms with Gasteiger partial charge in [0.1, 0.15) is 0 Å². The number of fused-ring (bicyclic) bond motifs is 2. The van der Waals surface area contributed by atoms with Gasteiger partial charge in [0, 0.05) is 5.69 Å². The SMILES string of the molecule is CC1(C)[C@@H]2C=C[C@H]1[C@](C)(C(=O)Nc1ccc(Cl)c(Cl)c1)C2. The zero-order valence-corrected chi connectivity index (χ0v) is 13.9. The molecule has 1 aromatic rings. The first-order valence-electron chi connectivity index (χ1n) is 7.20. The summed E-state index contributed by atoms with van der Waals surface area (Å²) in [5, 5.41) is 3.94. The number of nitrogens with one attached hydrogen (secondary N) is 1. The highest BCUT2D eigenvalue weighted by molar-refractivity contribution is 6.42. The molecule has 4 heteroatoms. The Morgan fingerprint density at radius 3 is 2.43 bits per heavy atom. The predicted molar refractivity (Wildman–Crippen MR) is 87.7 cm³/mol. The highest BCUT2D eigenvalue weighted by Gasteiger charge is 2.59. The van der Waals surface area contributed by atoms with Crippen LogP contribution in [0.2, 0.25) is 10.0 Å². The number of rotatable bonds is 2. The molecule has 0 heterocycles. The van der Waals surface area contributed by atoms with Crippen LogP contribution in [-0.2, 0) is 4.79 Å². The third kappa shape index (κ3) is 2.20. The first-order valence-corrected chi connectivity index (χ1v) is 7.95. The predicted octanol–water partition coefficient (Wildman–Crippen LogP) is 5.17. The molecule has 0 saturated heterocycles. The standard InChI is InChI=1S/C17H19Cl2NO/c1-16(2)10-4-7-14(16)17(3,9-10)15(21)20-11-5-6-12(18)13(19)8-11/h4-8,10,14H,9H2,1-3H3,(H,20,21)/t10-,14-,17-/m1/s1. The number of amides is 1. The average molecular weight is 324 g/mol. The largest absolute Gasteiger partial charge is 0.326 e. The van der Waals surface area contributed by atoms with E-state index < -0.39 is 0 Å². The molecule has 1 saturated carbocycles. The van der Waals surface area contributed by atoms with Crippen molar-refractivity contribution in [3.05, 3.63) is 40.4 Å². The van der Waals surface area contributed by atoms with Gasteiger partial charge in [0.15, 0.2) is 0 Å². The van der Waals surface area contributed by atoms with Crippen molar-refractivity contribution in [3.63, 3.8) is 0 Å². The zero-order valence-electron chi connectivity index (χ0n) is 12.4. The second-order valence-electron chi connectivity index (χ2n) is 7.00. The molecule has 1 aromatic carbocycles. The van der Waals surface area contributed by atoms with Crippen molar-refractivity contribution in [2.45, 2.75) is 27.2 Å². The normalized spacial score (nSPS) is 32.4. The molecule has 0 spiro atoms. The molecule has 0 aliphatic heterocycles. The van der Waals surface area contributed by atoms with E-state index in [0.717, 1.165) is 6.42 Å². The number of carbonyl (C=O) groups is 1. The molecule has 3 rings (SSSR count). The monoisotopic (exact) mass is 323 g/mol. The minimum atomic E-state index is -0.366. The molecule has 0 unspecified atom stereocenters. The van der Waals surface area contributed by atoms with Crippen LogP contribution in [0.5, 0.6) is 0 Å². The van der Waals surface area contributed by atoms with Gasteiger partial charge in [-0.3, -0.25) is 4.79 Å². The lowest BCUT2D eigenvalue weighted by atomic mass is 9.72. The Hall–Kier alpha value is -0.990. The van der Waals surface area contributed by atoms with Crippen LogP contribution in [0.1, 0.15) is 27.2 Å². The molecule has 2 aliphatic carbocycles. The van der Waals surface area contributed by atoms with Crippen LogP contribution in [0.15, 0.2) is 30.4 Å². The summed E-state index contributed by atoms with van der Waals surface area (Å²) in [5.74, 6) is 0.815. The van der Waals surface area contributed by atoms with Gasteiger partial charge in [-0.05, 0) is 41.9 Å². The summed E-state index contributed by atoms with van der Waals surface area (Å²) in [6.07, 6.45) is 5.37. The number of anilines is 1. The summed E-state index contributed by atoms with van der Waals surface area (Å²) >= 11 is 11.9. The minimum absolute atomic E-state index is 0.0609. The van der Waals surface area contributed by atoms with E-state index in [9.17, 15) is 4.79 Å². The molecule has 2 nitrogen and oxygen atoms in total. The molecule has 0 aromatic heterocycles. The lowest BCUT2D eigenvalue weighted by Gasteiger charge is -2.33. The van der Waals surface area contributed by atoms with Gasteiger partial charge in [-0.25, -0.2) is 0 Å². The molecular formula is C17H19Cl2NO. The van der Waals surface area contributed by atoms with Crippen molar-refractivity contribution in [1.82, 2.24) is 0 Å². The first-order chi connectivity index (χ1) is 9.75. The summed E-state index contributed by atoms with van der Waals surface area (Å²) in [7, 11) is 0. The van der Waals surface area contributed by atoms with Gasteiger partial charge in [0.05, 0.1) is 15.5 Å². The number of hydrogen-bond donors (Lipinski definition) is 1. The second kappa shape index (κ2) is 4.76. The molecule has 0 radical (unpaired) electrons. The molecule has 112 valence electrons. The minimum Gasteiger partial charge on any atom is -0.326 e. The topological polar surface area (TPSA) is 29.1 Å². The van der Waals surface area contributed by atoms with E-state index in [-0.39, 0.29) is 22.7 Å². The maximum Gasteiger partial charge on any atom is 0.230 e. The number of hydrogen-bond acceptors (Lipinski definition) is 1. The summed E-state index contributed by atoms with van der Waals surface area (Å²) in [6, 6.07) is 5.18. The molecule has 2 aliphatic rings. The van der Waals surface area contributed by atoms with Gasteiger partial charge in [-0.15, -0.1) is 0 Å². The summed E-state index contributed by atoms with van der Waals surface area (Å²) in [5.41, 5.74) is 0.485. The Morgan fingerprint density at radius 2 is 1.90 bits per heavy atom. The van der Waals surface area contributed by atoms with Gasteiger partial charge in [-0.1, -0.05) is 56.1 Å². The Kier molecular flexibility index (Phi) is 3.38. The van der Waals surface area contributed by atoms with E-state index in [0.29, 0.717) is 21.7 Å². The van der Waals surface area contributed by atoms with Gasteiger partial charge >= 0.3 is 0 Å². The van der Waals surface area contributed by atoms with Gasteiger partial charge in [0.25, 0.3) is 0 Å². The smallest absolute Gasteiger partial charge is 0.230 e. The van der Waals surface area contributed by atoms with Crippen molar-refractivity contribution in [3.8, 4) is 0 Å². The second-order valence-corrected chi connectivity index (χ2v) is 7.81. The third-order valence-electron chi connectivity index (χ3n) is 5.32. The Labute approximate surface area is 135 Å². The van der Waals surface area contributed by atoms with Crippen LogP contribution >= 0.6 is 23.2 Å². The van der Waals surface area contributed by atoms with Crippen molar-refractivity contribution in [2.75, 3.05) is 5.32 Å². The molecule has 2 bridgehead atoms. The van der Waals surface area contributed by atoms with Crippen LogP contribution in [0, 0.1) is 22.7 Å². The third-order valence-corrected chi connectivity index (χ3v) is 6.06. The van der Waals surface area contributed by atoms with E-state index in [1.54, 1.807) is 18.2 Å². The van der Waals surface area contributed by atoms with Crippen molar-refractivity contribution < 1.29 is 4.79 Å². The molecule has 1 amide bonds. The molecule has 21 heavy (non-hydrogen) atoms. The molecule has 3 atom stereocenters. The van der Waals surface area contributed by atoms with E-state index in [1.165, 1.54) is 0 Å². The first kappa shape index (κ1) is 14.9. The van der Waals surface area contributed by atoms with Crippen molar-refractivity contribution >= 4 is 34.8 Å². The van der Waals surface area contributed by atoms with Crippen molar-refractivity contribution in [1.29, 1.82) is 0 Å². The van der Waals surface area contributed by atoms with E-state index >= 15 is 0 Å². The lowest BCUT2D eigenvalue weighted by molar-refractivity contribution is -0.126. The fraction of sp³-hybridized carbons (Fsp3) is 0.471. The zero-order chi connectivity index (χ0) is 15.4. The maximum absolute atomic E-state index is 12.8. The Bertz CT molecular complexity index is 638. The molecule has 1 fully saturated rings. The van der Waals surface area contributed by atoms with E-state index in [2.05, 4.69) is 38.2 Å². The summed E-state index contributed by atoms with van der Waals surface area (Å²) in [6.45, 7) is 6.57.